The highest BCUT2D eigenvalue weighted by Gasteiger charge is 2.26. The molecule has 2 rings (SSSR count). The summed E-state index contributed by atoms with van der Waals surface area (Å²) in [6.07, 6.45) is 0.636. The molecule has 21 heavy (non-hydrogen) atoms. The van der Waals surface area contributed by atoms with Gasteiger partial charge in [0.1, 0.15) is 11.3 Å². The highest BCUT2D eigenvalue weighted by Crippen LogP contribution is 2.26. The van der Waals surface area contributed by atoms with Gasteiger partial charge in [0.05, 0.1) is 4.92 Å². The lowest BCUT2D eigenvalue weighted by Crippen LogP contribution is -2.22. The predicted molar refractivity (Wildman–Crippen MR) is 79.8 cm³/mol. The van der Waals surface area contributed by atoms with Crippen LogP contribution >= 0.6 is 15.9 Å². The van der Waals surface area contributed by atoms with Gasteiger partial charge < -0.3 is 5.11 Å². The molecule has 7 nitrogen and oxygen atoms in total. The Morgan fingerprint density at radius 1 is 1.38 bits per heavy atom. The van der Waals surface area contributed by atoms with Crippen LogP contribution in [0.3, 0.4) is 0 Å². The number of benzene rings is 1. The first-order valence-electron chi connectivity index (χ1n) is 6.34. The van der Waals surface area contributed by atoms with E-state index >= 15 is 0 Å². The first-order chi connectivity index (χ1) is 9.79. The highest BCUT2D eigenvalue weighted by atomic mass is 79.9. The van der Waals surface area contributed by atoms with Crippen molar-refractivity contribution >= 4 is 21.6 Å². The molecule has 2 aromatic rings. The Balaban J connectivity index is 2.12. The monoisotopic (exact) mass is 354 g/mol. The summed E-state index contributed by atoms with van der Waals surface area (Å²) in [6, 6.07) is 6.38. The molecule has 0 aliphatic rings. The predicted octanol–water partition coefficient (Wildman–Crippen LogP) is 2.42. The van der Waals surface area contributed by atoms with Crippen LogP contribution in [0.1, 0.15) is 25.1 Å². The number of hydrogen-bond acceptors (Lipinski definition) is 5. The third-order valence-corrected chi connectivity index (χ3v) is 3.57. The first kappa shape index (κ1) is 15.6. The van der Waals surface area contributed by atoms with Crippen molar-refractivity contribution in [2.24, 2.45) is 0 Å². The Morgan fingerprint density at radius 2 is 2.00 bits per heavy atom. The van der Waals surface area contributed by atoms with E-state index in [9.17, 15) is 15.2 Å². The van der Waals surface area contributed by atoms with Crippen LogP contribution in [0.2, 0.25) is 0 Å². The minimum absolute atomic E-state index is 0.0689. The average molecular weight is 355 g/mol. The van der Waals surface area contributed by atoms with E-state index in [2.05, 4.69) is 26.2 Å². The van der Waals surface area contributed by atoms with Crippen LogP contribution in [0.4, 0.5) is 5.69 Å². The number of hydrogen-bond donors (Lipinski definition) is 1. The van der Waals surface area contributed by atoms with Crippen LogP contribution in [0.15, 0.2) is 28.9 Å². The van der Waals surface area contributed by atoms with Crippen molar-refractivity contribution in [3.8, 4) is 0 Å². The molecule has 0 aliphatic heterocycles. The second-order valence-electron chi connectivity index (χ2n) is 5.18. The van der Waals surface area contributed by atoms with E-state index in [1.54, 1.807) is 30.7 Å². The minimum atomic E-state index is -1.06. The van der Waals surface area contributed by atoms with Crippen LogP contribution in [0.5, 0.6) is 0 Å². The maximum absolute atomic E-state index is 10.6. The van der Waals surface area contributed by atoms with Gasteiger partial charge in [-0.25, -0.2) is 4.68 Å². The third kappa shape index (κ3) is 3.64. The third-order valence-electron chi connectivity index (χ3n) is 3.03. The number of aryl methyl sites for hydroxylation is 2. The van der Waals surface area contributed by atoms with Crippen LogP contribution < -0.4 is 0 Å². The summed E-state index contributed by atoms with van der Waals surface area (Å²) < 4.78 is 2.14. The number of aromatic nitrogens is 3. The molecule has 0 unspecified atom stereocenters. The van der Waals surface area contributed by atoms with Crippen LogP contribution in [-0.2, 0) is 18.6 Å². The fourth-order valence-electron chi connectivity index (χ4n) is 2.04. The molecule has 0 amide bonds. The zero-order valence-electron chi connectivity index (χ0n) is 11.7. The van der Waals surface area contributed by atoms with E-state index in [1.807, 2.05) is 0 Å². The van der Waals surface area contributed by atoms with Crippen LogP contribution in [0, 0.1) is 10.1 Å². The van der Waals surface area contributed by atoms with Gasteiger partial charge in [-0.3, -0.25) is 10.1 Å². The Morgan fingerprint density at radius 3 is 2.52 bits per heavy atom. The number of aliphatic hydroxyl groups is 1. The van der Waals surface area contributed by atoms with Gasteiger partial charge in [-0.15, -0.1) is 5.10 Å². The Kier molecular flexibility index (Phi) is 4.38. The van der Waals surface area contributed by atoms with E-state index in [1.165, 1.54) is 12.1 Å². The van der Waals surface area contributed by atoms with Crippen molar-refractivity contribution in [1.29, 1.82) is 0 Å². The molecule has 1 heterocycles. The molecular weight excluding hydrogens is 340 g/mol. The summed E-state index contributed by atoms with van der Waals surface area (Å²) in [5, 5.41) is 28.6. The number of nitro benzene ring substituents is 1. The standard InChI is InChI=1S/C13H15BrN4O3/c1-13(2,19)11-12(14)15-16-17(11)8-7-9-3-5-10(6-4-9)18(20)21/h3-6,19H,7-8H2,1-2H3. The molecule has 0 saturated carbocycles. The van der Waals surface area contributed by atoms with Gasteiger partial charge in [-0.05, 0) is 41.8 Å². The topological polar surface area (TPSA) is 94.1 Å². The molecule has 0 saturated heterocycles. The van der Waals surface area contributed by atoms with E-state index in [0.29, 0.717) is 23.3 Å². The molecule has 112 valence electrons. The van der Waals surface area contributed by atoms with Gasteiger partial charge in [-0.1, -0.05) is 17.3 Å². The minimum Gasteiger partial charge on any atom is -0.384 e. The molecule has 1 aromatic heterocycles. The van der Waals surface area contributed by atoms with Gasteiger partial charge in [0.2, 0.25) is 0 Å². The molecule has 0 aliphatic carbocycles. The molecule has 0 spiro atoms. The van der Waals surface area contributed by atoms with Gasteiger partial charge >= 0.3 is 0 Å². The van der Waals surface area contributed by atoms with Gasteiger partial charge in [-0.2, -0.15) is 0 Å². The largest absolute Gasteiger partial charge is 0.384 e. The normalized spacial score (nSPS) is 11.6. The number of nitrogens with zero attached hydrogens (tertiary/aromatic N) is 4. The highest BCUT2D eigenvalue weighted by molar-refractivity contribution is 9.10. The summed E-state index contributed by atoms with van der Waals surface area (Å²) >= 11 is 3.28. The Hall–Kier alpha value is -1.80. The number of nitro groups is 1. The maximum Gasteiger partial charge on any atom is 0.269 e. The SMILES string of the molecule is CC(C)(O)c1c(Br)nnn1CCc1ccc([N+](=O)[O-])cc1. The fourth-order valence-corrected chi connectivity index (χ4v) is 2.80. The van der Waals surface area contributed by atoms with Crippen molar-refractivity contribution in [2.45, 2.75) is 32.4 Å². The molecule has 0 atom stereocenters. The van der Waals surface area contributed by atoms with Crippen molar-refractivity contribution < 1.29 is 10.0 Å². The van der Waals surface area contributed by atoms with Gasteiger partial charge in [0, 0.05) is 18.7 Å². The zero-order valence-corrected chi connectivity index (χ0v) is 13.2. The van der Waals surface area contributed by atoms with E-state index in [4.69, 9.17) is 0 Å². The van der Waals surface area contributed by atoms with Crippen molar-refractivity contribution in [1.82, 2.24) is 15.0 Å². The zero-order chi connectivity index (χ0) is 15.6. The van der Waals surface area contributed by atoms with E-state index in [-0.39, 0.29) is 5.69 Å². The Bertz CT molecular complexity index is 646. The molecule has 1 N–H and O–H groups in total. The number of rotatable bonds is 5. The van der Waals surface area contributed by atoms with E-state index < -0.39 is 10.5 Å². The van der Waals surface area contributed by atoms with E-state index in [0.717, 1.165) is 5.56 Å². The van der Waals surface area contributed by atoms with Crippen LogP contribution in [-0.4, -0.2) is 25.0 Å². The summed E-state index contributed by atoms with van der Waals surface area (Å²) in [6.45, 7) is 3.85. The van der Waals surface area contributed by atoms with Crippen molar-refractivity contribution in [3.63, 3.8) is 0 Å². The quantitative estimate of drug-likeness (QED) is 0.657. The lowest BCUT2D eigenvalue weighted by atomic mass is 10.1. The molecule has 0 radical (unpaired) electrons. The molecular formula is C13H15BrN4O3. The molecule has 0 fully saturated rings. The maximum atomic E-state index is 10.6. The molecule has 8 heteroatoms. The first-order valence-corrected chi connectivity index (χ1v) is 7.13. The average Bonchev–Trinajstić information content (AvgIpc) is 2.78. The lowest BCUT2D eigenvalue weighted by Gasteiger charge is -2.18. The van der Waals surface area contributed by atoms with Crippen LogP contribution in [0.25, 0.3) is 0 Å². The smallest absolute Gasteiger partial charge is 0.269 e. The van der Waals surface area contributed by atoms with Gasteiger partial charge in [0.25, 0.3) is 5.69 Å². The summed E-state index contributed by atoms with van der Waals surface area (Å²) in [7, 11) is 0. The van der Waals surface area contributed by atoms with Crippen molar-refractivity contribution in [2.75, 3.05) is 0 Å². The molecule has 1 aromatic carbocycles. The fraction of sp³-hybridized carbons (Fsp3) is 0.385. The number of non-ortho nitro benzene ring substituents is 1. The Labute approximate surface area is 129 Å². The lowest BCUT2D eigenvalue weighted by molar-refractivity contribution is -0.384. The van der Waals surface area contributed by atoms with Gasteiger partial charge in [0.15, 0.2) is 4.60 Å². The summed E-state index contributed by atoms with van der Waals surface area (Å²) in [5.41, 5.74) is 0.565. The summed E-state index contributed by atoms with van der Waals surface area (Å²) in [4.78, 5) is 10.2. The second kappa shape index (κ2) is 5.90. The number of halogens is 1. The summed E-state index contributed by atoms with van der Waals surface area (Å²) in [5.74, 6) is 0. The van der Waals surface area contributed by atoms with Crippen molar-refractivity contribution in [3.05, 3.63) is 50.2 Å². The molecule has 0 bridgehead atoms. The second-order valence-corrected chi connectivity index (χ2v) is 5.94.